The standard InChI is InChI=1S/C49H98N2O5/c1-5-9-12-15-19-28-35-45-55-49(53)39-31-24-21-26-33-42-51(43-36-40-50-48(52)8-4)41-32-25-18-20-27-34-44-54-46-56-47(37-29-22-16-13-10-6-2)38-30-23-17-14-11-7-3/h47H,5-46H2,1-4H3,(H,50,52). The lowest BCUT2D eigenvalue weighted by molar-refractivity contribution is -0.143. The number of unbranched alkanes of at least 4 members (excludes halogenated alkanes) is 25. The monoisotopic (exact) mass is 795 g/mol. The van der Waals surface area contributed by atoms with Gasteiger partial charge in [0.25, 0.3) is 0 Å². The number of amides is 1. The van der Waals surface area contributed by atoms with Gasteiger partial charge >= 0.3 is 5.97 Å². The summed E-state index contributed by atoms with van der Waals surface area (Å²) in [6.07, 6.45) is 42.8. The molecule has 0 aliphatic carbocycles. The van der Waals surface area contributed by atoms with Gasteiger partial charge in [0.1, 0.15) is 6.79 Å². The molecule has 0 heterocycles. The molecular formula is C49H98N2O5. The lowest BCUT2D eigenvalue weighted by Gasteiger charge is -2.22. The number of esters is 1. The lowest BCUT2D eigenvalue weighted by Crippen LogP contribution is -2.31. The highest BCUT2D eigenvalue weighted by Crippen LogP contribution is 2.17. The first-order valence-electron chi connectivity index (χ1n) is 24.9. The molecule has 0 saturated heterocycles. The molecule has 0 rings (SSSR count). The van der Waals surface area contributed by atoms with Crippen molar-refractivity contribution in [3.05, 3.63) is 0 Å². The van der Waals surface area contributed by atoms with E-state index in [4.69, 9.17) is 14.2 Å². The molecule has 56 heavy (non-hydrogen) atoms. The molecule has 0 fully saturated rings. The third-order valence-electron chi connectivity index (χ3n) is 11.3. The molecule has 1 amide bonds. The van der Waals surface area contributed by atoms with Crippen molar-refractivity contribution in [1.82, 2.24) is 10.2 Å². The van der Waals surface area contributed by atoms with Crippen LogP contribution in [-0.4, -0.2) is 69.1 Å². The van der Waals surface area contributed by atoms with Crippen molar-refractivity contribution < 1.29 is 23.8 Å². The van der Waals surface area contributed by atoms with Crippen molar-refractivity contribution in [1.29, 1.82) is 0 Å². The summed E-state index contributed by atoms with van der Waals surface area (Å²) in [4.78, 5) is 26.4. The Morgan fingerprint density at radius 2 is 0.911 bits per heavy atom. The zero-order chi connectivity index (χ0) is 40.8. The van der Waals surface area contributed by atoms with E-state index in [1.165, 1.54) is 180 Å². The molecule has 334 valence electrons. The van der Waals surface area contributed by atoms with Crippen molar-refractivity contribution in [3.8, 4) is 0 Å². The molecule has 7 heteroatoms. The topological polar surface area (TPSA) is 77.1 Å². The lowest BCUT2D eigenvalue weighted by atomic mass is 10.0. The van der Waals surface area contributed by atoms with E-state index in [1.54, 1.807) is 0 Å². The molecule has 0 aromatic rings. The molecule has 0 bridgehead atoms. The van der Waals surface area contributed by atoms with Gasteiger partial charge < -0.3 is 24.4 Å². The fourth-order valence-electron chi connectivity index (χ4n) is 7.51. The SMILES string of the molecule is CCCCCCCCCOC(=O)CCCCCCCN(CCCCCCCCOCOC(CCCCCCCC)CCCCCCCC)CCCNC(=O)CC. The highest BCUT2D eigenvalue weighted by atomic mass is 16.7. The quantitative estimate of drug-likeness (QED) is 0.0376. The normalized spacial score (nSPS) is 11.6. The van der Waals surface area contributed by atoms with Crippen LogP contribution in [-0.2, 0) is 23.8 Å². The number of nitrogens with zero attached hydrogens (tertiary/aromatic N) is 1. The molecule has 7 nitrogen and oxygen atoms in total. The van der Waals surface area contributed by atoms with Crippen LogP contribution >= 0.6 is 0 Å². The first-order valence-corrected chi connectivity index (χ1v) is 24.9. The van der Waals surface area contributed by atoms with Gasteiger partial charge in [0, 0.05) is 26.0 Å². The molecular weight excluding hydrogens is 697 g/mol. The predicted octanol–water partition coefficient (Wildman–Crippen LogP) is 14.0. The van der Waals surface area contributed by atoms with Crippen LogP contribution in [0, 0.1) is 0 Å². The molecule has 0 aromatic heterocycles. The Balaban J connectivity index is 4.11. The Morgan fingerprint density at radius 1 is 0.482 bits per heavy atom. The molecule has 0 aromatic carbocycles. The summed E-state index contributed by atoms with van der Waals surface area (Å²) in [5, 5.41) is 3.04. The van der Waals surface area contributed by atoms with Gasteiger partial charge in [-0.25, -0.2) is 0 Å². The second kappa shape index (κ2) is 46.5. The Morgan fingerprint density at radius 3 is 1.43 bits per heavy atom. The first-order chi connectivity index (χ1) is 27.6. The maximum absolute atomic E-state index is 12.1. The van der Waals surface area contributed by atoms with Crippen molar-refractivity contribution in [3.63, 3.8) is 0 Å². The zero-order valence-corrected chi connectivity index (χ0v) is 38.3. The minimum Gasteiger partial charge on any atom is -0.466 e. The molecule has 0 atom stereocenters. The van der Waals surface area contributed by atoms with E-state index in [0.29, 0.717) is 32.3 Å². The zero-order valence-electron chi connectivity index (χ0n) is 38.3. The van der Waals surface area contributed by atoms with E-state index in [2.05, 4.69) is 31.0 Å². The van der Waals surface area contributed by atoms with Crippen LogP contribution in [0.3, 0.4) is 0 Å². The summed E-state index contributed by atoms with van der Waals surface area (Å²) < 4.78 is 17.7. The largest absolute Gasteiger partial charge is 0.466 e. The Hall–Kier alpha value is -1.18. The highest BCUT2D eigenvalue weighted by molar-refractivity contribution is 5.75. The van der Waals surface area contributed by atoms with E-state index < -0.39 is 0 Å². The Kier molecular flexibility index (Phi) is 45.5. The third kappa shape index (κ3) is 42.4. The molecule has 0 spiro atoms. The van der Waals surface area contributed by atoms with Gasteiger partial charge in [-0.3, -0.25) is 9.59 Å². The smallest absolute Gasteiger partial charge is 0.305 e. The Bertz CT molecular complexity index is 780. The highest BCUT2D eigenvalue weighted by Gasteiger charge is 2.10. The van der Waals surface area contributed by atoms with Crippen LogP contribution in [0.4, 0.5) is 0 Å². The van der Waals surface area contributed by atoms with Gasteiger partial charge in [-0.1, -0.05) is 188 Å². The van der Waals surface area contributed by atoms with Gasteiger partial charge in [0.05, 0.1) is 12.7 Å². The van der Waals surface area contributed by atoms with Crippen LogP contribution in [0.1, 0.15) is 252 Å². The Labute approximate surface area is 349 Å². The number of hydrogen-bond donors (Lipinski definition) is 1. The van der Waals surface area contributed by atoms with Gasteiger partial charge in [0.15, 0.2) is 0 Å². The minimum absolute atomic E-state index is 0.0170. The van der Waals surface area contributed by atoms with E-state index in [0.717, 1.165) is 64.9 Å². The molecule has 0 radical (unpaired) electrons. The summed E-state index contributed by atoms with van der Waals surface area (Å²) >= 11 is 0. The van der Waals surface area contributed by atoms with Crippen LogP contribution in [0.15, 0.2) is 0 Å². The van der Waals surface area contributed by atoms with Crippen molar-refractivity contribution >= 4 is 11.9 Å². The van der Waals surface area contributed by atoms with Crippen LogP contribution in [0.25, 0.3) is 0 Å². The van der Waals surface area contributed by atoms with Crippen molar-refractivity contribution in [2.24, 2.45) is 0 Å². The average Bonchev–Trinajstić information content (AvgIpc) is 3.20. The number of carbonyl (C=O) groups is 2. The summed E-state index contributed by atoms with van der Waals surface area (Å²) in [6.45, 7) is 14.7. The van der Waals surface area contributed by atoms with Crippen LogP contribution in [0.5, 0.6) is 0 Å². The van der Waals surface area contributed by atoms with Crippen LogP contribution < -0.4 is 5.32 Å². The number of ether oxygens (including phenoxy) is 3. The molecule has 0 aliphatic heterocycles. The maximum Gasteiger partial charge on any atom is 0.305 e. The van der Waals surface area contributed by atoms with Gasteiger partial charge in [-0.2, -0.15) is 0 Å². The number of rotatable bonds is 47. The predicted molar refractivity (Wildman–Crippen MR) is 240 cm³/mol. The summed E-state index contributed by atoms with van der Waals surface area (Å²) in [5.74, 6) is 0.129. The fourth-order valence-corrected chi connectivity index (χ4v) is 7.51. The van der Waals surface area contributed by atoms with E-state index >= 15 is 0 Å². The van der Waals surface area contributed by atoms with E-state index in [1.807, 2.05) is 6.92 Å². The molecule has 0 saturated carbocycles. The van der Waals surface area contributed by atoms with Crippen molar-refractivity contribution in [2.45, 2.75) is 259 Å². The van der Waals surface area contributed by atoms with E-state index in [-0.39, 0.29) is 11.9 Å². The maximum atomic E-state index is 12.1. The third-order valence-corrected chi connectivity index (χ3v) is 11.3. The van der Waals surface area contributed by atoms with Gasteiger partial charge in [-0.05, 0) is 71.0 Å². The second-order valence-corrected chi connectivity index (χ2v) is 16.8. The molecule has 0 aliphatic rings. The minimum atomic E-state index is -0.0170. The van der Waals surface area contributed by atoms with Crippen LogP contribution in [0.2, 0.25) is 0 Å². The van der Waals surface area contributed by atoms with Crippen molar-refractivity contribution in [2.75, 3.05) is 46.2 Å². The first kappa shape index (κ1) is 54.8. The second-order valence-electron chi connectivity index (χ2n) is 16.8. The van der Waals surface area contributed by atoms with Gasteiger partial charge in [0.2, 0.25) is 5.91 Å². The summed E-state index contributed by atoms with van der Waals surface area (Å²) in [7, 11) is 0. The van der Waals surface area contributed by atoms with Gasteiger partial charge in [-0.15, -0.1) is 0 Å². The summed E-state index contributed by atoms with van der Waals surface area (Å²) in [5.41, 5.74) is 0. The van der Waals surface area contributed by atoms with E-state index in [9.17, 15) is 9.59 Å². The summed E-state index contributed by atoms with van der Waals surface area (Å²) in [6, 6.07) is 0. The number of nitrogens with one attached hydrogen (secondary N) is 1. The molecule has 0 unspecified atom stereocenters. The fraction of sp³-hybridized carbons (Fsp3) is 0.959. The number of hydrogen-bond acceptors (Lipinski definition) is 6. The number of carbonyl (C=O) groups excluding carboxylic acids is 2. The average molecular weight is 795 g/mol. The molecule has 1 N–H and O–H groups in total.